The maximum absolute atomic E-state index is 12.4. The molecule has 1 N–H and O–H groups in total. The summed E-state index contributed by atoms with van der Waals surface area (Å²) < 4.78 is 0. The predicted molar refractivity (Wildman–Crippen MR) is 97.0 cm³/mol. The van der Waals surface area contributed by atoms with Gasteiger partial charge in [-0.2, -0.15) is 0 Å². The van der Waals surface area contributed by atoms with Gasteiger partial charge in [-0.3, -0.25) is 9.59 Å². The van der Waals surface area contributed by atoms with Crippen LogP contribution in [0.25, 0.3) is 0 Å². The number of carbonyl (C=O) groups excluding carboxylic acids is 2. The van der Waals surface area contributed by atoms with E-state index >= 15 is 0 Å². The second kappa shape index (κ2) is 7.01. The molecule has 0 aromatic heterocycles. The highest BCUT2D eigenvalue weighted by atomic mass is 35.5. The van der Waals surface area contributed by atoms with E-state index < -0.39 is 5.92 Å². The number of benzene rings is 2. The number of hydrogen-bond donors (Lipinski definition) is 1. The molecule has 1 fully saturated rings. The summed E-state index contributed by atoms with van der Waals surface area (Å²) in [6.07, 6.45) is 0.120. The van der Waals surface area contributed by atoms with Crippen molar-refractivity contribution in [3.8, 4) is 0 Å². The van der Waals surface area contributed by atoms with E-state index in [4.69, 9.17) is 34.8 Å². The molecule has 1 saturated heterocycles. The Balaban J connectivity index is 1.74. The van der Waals surface area contributed by atoms with Gasteiger partial charge in [0.05, 0.1) is 16.6 Å². The van der Waals surface area contributed by atoms with Crippen LogP contribution in [0.2, 0.25) is 15.1 Å². The molecule has 1 aliphatic rings. The van der Waals surface area contributed by atoms with Crippen LogP contribution < -0.4 is 10.2 Å². The van der Waals surface area contributed by atoms with E-state index in [9.17, 15) is 9.59 Å². The van der Waals surface area contributed by atoms with Gasteiger partial charge in [-0.15, -0.1) is 0 Å². The van der Waals surface area contributed by atoms with Crippen molar-refractivity contribution in [1.29, 1.82) is 0 Å². The molecule has 0 aliphatic carbocycles. The van der Waals surface area contributed by atoms with Gasteiger partial charge in [0.15, 0.2) is 0 Å². The minimum absolute atomic E-state index is 0.120. The van der Waals surface area contributed by atoms with Crippen LogP contribution in [-0.2, 0) is 9.59 Å². The summed E-state index contributed by atoms with van der Waals surface area (Å²) in [7, 11) is 0. The molecule has 1 heterocycles. The van der Waals surface area contributed by atoms with Crippen LogP contribution in [0.15, 0.2) is 42.5 Å². The zero-order chi connectivity index (χ0) is 17.3. The molecule has 1 aliphatic heterocycles. The molecule has 2 aromatic carbocycles. The van der Waals surface area contributed by atoms with Crippen molar-refractivity contribution in [2.45, 2.75) is 6.42 Å². The van der Waals surface area contributed by atoms with E-state index in [1.54, 1.807) is 42.5 Å². The lowest BCUT2D eigenvalue weighted by Gasteiger charge is -2.18. The van der Waals surface area contributed by atoms with Crippen molar-refractivity contribution in [3.63, 3.8) is 0 Å². The molecule has 3 rings (SSSR count). The summed E-state index contributed by atoms with van der Waals surface area (Å²) >= 11 is 18.0. The summed E-state index contributed by atoms with van der Waals surface area (Å²) in [6.45, 7) is 0.255. The Morgan fingerprint density at radius 2 is 1.83 bits per heavy atom. The maximum atomic E-state index is 12.4. The van der Waals surface area contributed by atoms with Crippen molar-refractivity contribution < 1.29 is 9.59 Å². The molecule has 1 atom stereocenters. The maximum Gasteiger partial charge on any atom is 0.229 e. The first-order valence-electron chi connectivity index (χ1n) is 7.26. The second-order valence-electron chi connectivity index (χ2n) is 5.50. The zero-order valence-corrected chi connectivity index (χ0v) is 14.7. The van der Waals surface area contributed by atoms with E-state index in [0.717, 1.165) is 0 Å². The standard InChI is InChI=1S/C17H13Cl3N2O2/c18-11-2-1-3-13(7-11)21-17(24)10-6-16(23)22(9-10)15-8-12(19)4-5-14(15)20/h1-5,7-8,10H,6,9H2,(H,21,24)/t10-/m1/s1. The lowest BCUT2D eigenvalue weighted by Crippen LogP contribution is -2.28. The van der Waals surface area contributed by atoms with Crippen molar-refractivity contribution in [2.24, 2.45) is 5.92 Å². The van der Waals surface area contributed by atoms with Gasteiger partial charge in [0.2, 0.25) is 11.8 Å². The van der Waals surface area contributed by atoms with Crippen LogP contribution in [0.3, 0.4) is 0 Å². The quantitative estimate of drug-likeness (QED) is 0.839. The highest BCUT2D eigenvalue weighted by molar-refractivity contribution is 6.36. The van der Waals surface area contributed by atoms with Crippen LogP contribution in [0.4, 0.5) is 11.4 Å². The first kappa shape index (κ1) is 17.1. The first-order chi connectivity index (χ1) is 11.4. The molecule has 7 heteroatoms. The summed E-state index contributed by atoms with van der Waals surface area (Å²) in [5.74, 6) is -0.858. The fraction of sp³-hybridized carbons (Fsp3) is 0.176. The number of nitrogens with zero attached hydrogens (tertiary/aromatic N) is 1. The second-order valence-corrected chi connectivity index (χ2v) is 6.78. The average Bonchev–Trinajstić information content (AvgIpc) is 2.92. The van der Waals surface area contributed by atoms with E-state index in [2.05, 4.69) is 5.32 Å². The third-order valence-electron chi connectivity index (χ3n) is 3.79. The Bertz CT molecular complexity index is 810. The molecule has 24 heavy (non-hydrogen) atoms. The number of nitrogens with one attached hydrogen (secondary N) is 1. The van der Waals surface area contributed by atoms with Crippen molar-refractivity contribution >= 4 is 58.0 Å². The average molecular weight is 384 g/mol. The van der Waals surface area contributed by atoms with Gasteiger partial charge in [-0.05, 0) is 36.4 Å². The van der Waals surface area contributed by atoms with Crippen molar-refractivity contribution in [3.05, 3.63) is 57.5 Å². The number of amides is 2. The molecule has 4 nitrogen and oxygen atoms in total. The largest absolute Gasteiger partial charge is 0.326 e. The highest BCUT2D eigenvalue weighted by Crippen LogP contribution is 2.33. The molecular formula is C17H13Cl3N2O2. The van der Waals surface area contributed by atoms with Gasteiger partial charge in [-0.1, -0.05) is 40.9 Å². The number of carbonyl (C=O) groups is 2. The zero-order valence-electron chi connectivity index (χ0n) is 12.4. The van der Waals surface area contributed by atoms with E-state index in [1.165, 1.54) is 4.90 Å². The smallest absolute Gasteiger partial charge is 0.229 e. The molecule has 2 amide bonds. The van der Waals surface area contributed by atoms with Crippen LogP contribution in [0.5, 0.6) is 0 Å². The first-order valence-corrected chi connectivity index (χ1v) is 8.39. The number of anilines is 2. The Morgan fingerprint density at radius 3 is 2.58 bits per heavy atom. The van der Waals surface area contributed by atoms with Gasteiger partial charge < -0.3 is 10.2 Å². The predicted octanol–water partition coefficient (Wildman–Crippen LogP) is 4.64. The Morgan fingerprint density at radius 1 is 1.08 bits per heavy atom. The Hall–Kier alpha value is -1.75. The summed E-state index contributed by atoms with van der Waals surface area (Å²) in [4.78, 5) is 26.2. The van der Waals surface area contributed by atoms with Crippen molar-refractivity contribution in [1.82, 2.24) is 0 Å². The third-order valence-corrected chi connectivity index (χ3v) is 4.58. The molecule has 0 radical (unpaired) electrons. The Kier molecular flexibility index (Phi) is 4.99. The topological polar surface area (TPSA) is 49.4 Å². The number of halogens is 3. The van der Waals surface area contributed by atoms with E-state index in [1.807, 2.05) is 0 Å². The fourth-order valence-electron chi connectivity index (χ4n) is 2.62. The summed E-state index contributed by atoms with van der Waals surface area (Å²) in [5.41, 5.74) is 1.12. The monoisotopic (exact) mass is 382 g/mol. The minimum atomic E-state index is -0.466. The molecule has 0 bridgehead atoms. The molecule has 0 unspecified atom stereocenters. The molecule has 124 valence electrons. The van der Waals surface area contributed by atoms with Crippen LogP contribution in [0, 0.1) is 5.92 Å². The molecule has 0 saturated carbocycles. The number of hydrogen-bond acceptors (Lipinski definition) is 2. The summed E-state index contributed by atoms with van der Waals surface area (Å²) in [5, 5.41) is 4.21. The fourth-order valence-corrected chi connectivity index (χ4v) is 3.20. The normalized spacial score (nSPS) is 17.2. The molecule has 0 spiro atoms. The van der Waals surface area contributed by atoms with Crippen LogP contribution >= 0.6 is 34.8 Å². The van der Waals surface area contributed by atoms with Crippen molar-refractivity contribution in [2.75, 3.05) is 16.8 Å². The van der Waals surface area contributed by atoms with Crippen LogP contribution in [-0.4, -0.2) is 18.4 Å². The van der Waals surface area contributed by atoms with E-state index in [-0.39, 0.29) is 24.8 Å². The summed E-state index contributed by atoms with van der Waals surface area (Å²) in [6, 6.07) is 11.8. The van der Waals surface area contributed by atoms with Gasteiger partial charge in [0.1, 0.15) is 0 Å². The van der Waals surface area contributed by atoms with Gasteiger partial charge in [0, 0.05) is 28.7 Å². The molecular weight excluding hydrogens is 371 g/mol. The Labute approximate surface area is 154 Å². The van der Waals surface area contributed by atoms with E-state index in [0.29, 0.717) is 26.4 Å². The highest BCUT2D eigenvalue weighted by Gasteiger charge is 2.36. The minimum Gasteiger partial charge on any atom is -0.326 e. The van der Waals surface area contributed by atoms with Crippen LogP contribution in [0.1, 0.15) is 6.42 Å². The SMILES string of the molecule is O=C(Nc1cccc(Cl)c1)[C@@H]1CC(=O)N(c2cc(Cl)ccc2Cl)C1. The lowest BCUT2D eigenvalue weighted by atomic mass is 10.1. The molecule has 2 aromatic rings. The third kappa shape index (κ3) is 3.66. The van der Waals surface area contributed by atoms with Gasteiger partial charge in [0.25, 0.3) is 0 Å². The lowest BCUT2D eigenvalue weighted by molar-refractivity contribution is -0.122. The van der Waals surface area contributed by atoms with Gasteiger partial charge >= 0.3 is 0 Å². The number of rotatable bonds is 3. The van der Waals surface area contributed by atoms with Gasteiger partial charge in [-0.25, -0.2) is 0 Å².